The van der Waals surface area contributed by atoms with E-state index in [-0.39, 0.29) is 11.4 Å². The summed E-state index contributed by atoms with van der Waals surface area (Å²) >= 11 is 0. The quantitative estimate of drug-likeness (QED) is 0.514. The largest absolute Gasteiger partial charge is 0.339 e. The Hall–Kier alpha value is -3.28. The van der Waals surface area contributed by atoms with Crippen molar-refractivity contribution in [3.63, 3.8) is 0 Å². The number of H-pyrrole nitrogens is 1. The van der Waals surface area contributed by atoms with Crippen LogP contribution in [0, 0.1) is 25.5 Å². The van der Waals surface area contributed by atoms with Crippen molar-refractivity contribution in [3.8, 4) is 0 Å². The Morgan fingerprint density at radius 2 is 1.69 bits per heavy atom. The fraction of sp³-hybridized carbons (Fsp3) is 0.100. The summed E-state index contributed by atoms with van der Waals surface area (Å²) in [6.45, 7) is 3.59. The van der Waals surface area contributed by atoms with Gasteiger partial charge in [-0.2, -0.15) is 0 Å². The Kier molecular flexibility index (Phi) is 3.68. The highest BCUT2D eigenvalue weighted by Crippen LogP contribution is 2.31. The molecule has 0 saturated heterocycles. The van der Waals surface area contributed by atoms with E-state index < -0.39 is 5.82 Å². The molecule has 0 aliphatic heterocycles. The van der Waals surface area contributed by atoms with Crippen LogP contribution in [0.4, 0.5) is 20.3 Å². The number of rotatable bonds is 2. The van der Waals surface area contributed by atoms with Crippen LogP contribution in [0.1, 0.15) is 11.1 Å². The first-order valence-electron chi connectivity index (χ1n) is 8.08. The van der Waals surface area contributed by atoms with Gasteiger partial charge < -0.3 is 10.3 Å². The van der Waals surface area contributed by atoms with Gasteiger partial charge in [-0.25, -0.2) is 13.8 Å². The Balaban J connectivity index is 2.03. The summed E-state index contributed by atoms with van der Waals surface area (Å²) in [7, 11) is 0. The fourth-order valence-electron chi connectivity index (χ4n) is 3.25. The van der Waals surface area contributed by atoms with Crippen LogP contribution in [-0.2, 0) is 0 Å². The predicted octanol–water partition coefficient (Wildman–Crippen LogP) is 4.71. The molecule has 6 heteroatoms. The van der Waals surface area contributed by atoms with E-state index in [1.165, 1.54) is 36.5 Å². The lowest BCUT2D eigenvalue weighted by molar-refractivity contribution is 0.625. The highest BCUT2D eigenvalue weighted by atomic mass is 19.1. The van der Waals surface area contributed by atoms with Crippen LogP contribution < -0.4 is 10.9 Å². The minimum atomic E-state index is -0.435. The summed E-state index contributed by atoms with van der Waals surface area (Å²) in [6.07, 6.45) is 1.52. The smallest absolute Gasteiger partial charge is 0.256 e. The topological polar surface area (TPSA) is 57.8 Å². The molecule has 0 aliphatic carbocycles. The molecule has 2 aromatic heterocycles. The van der Waals surface area contributed by atoms with Gasteiger partial charge in [0, 0.05) is 22.7 Å². The molecule has 0 unspecified atom stereocenters. The van der Waals surface area contributed by atoms with Crippen molar-refractivity contribution in [2.24, 2.45) is 0 Å². The van der Waals surface area contributed by atoms with Gasteiger partial charge in [0.25, 0.3) is 5.56 Å². The van der Waals surface area contributed by atoms with E-state index in [1.807, 2.05) is 0 Å². The van der Waals surface area contributed by atoms with Gasteiger partial charge in [-0.15, -0.1) is 0 Å². The van der Waals surface area contributed by atoms with Gasteiger partial charge >= 0.3 is 0 Å². The molecule has 0 radical (unpaired) electrons. The third kappa shape index (κ3) is 2.60. The predicted molar refractivity (Wildman–Crippen MR) is 99.0 cm³/mol. The van der Waals surface area contributed by atoms with Crippen LogP contribution in [0.5, 0.6) is 0 Å². The van der Waals surface area contributed by atoms with Crippen molar-refractivity contribution in [1.29, 1.82) is 0 Å². The minimum absolute atomic E-state index is 0.311. The van der Waals surface area contributed by atoms with E-state index in [0.29, 0.717) is 27.5 Å². The molecule has 4 aromatic rings. The monoisotopic (exact) mass is 351 g/mol. The zero-order valence-electron chi connectivity index (χ0n) is 14.2. The number of halogens is 2. The Bertz CT molecular complexity index is 1210. The van der Waals surface area contributed by atoms with Crippen molar-refractivity contribution >= 4 is 33.2 Å². The zero-order valence-corrected chi connectivity index (χ0v) is 14.2. The molecule has 0 bridgehead atoms. The minimum Gasteiger partial charge on any atom is -0.339 e. The summed E-state index contributed by atoms with van der Waals surface area (Å²) in [6, 6.07) is 8.72. The van der Waals surface area contributed by atoms with Crippen molar-refractivity contribution < 1.29 is 8.78 Å². The third-order valence-electron chi connectivity index (χ3n) is 4.42. The molecule has 0 amide bonds. The number of hydrogen-bond acceptors (Lipinski definition) is 3. The molecule has 0 aliphatic rings. The number of nitrogens with one attached hydrogen (secondary N) is 2. The number of aromatic nitrogens is 2. The zero-order chi connectivity index (χ0) is 18.4. The van der Waals surface area contributed by atoms with Gasteiger partial charge in [-0.05, 0) is 61.4 Å². The maximum atomic E-state index is 13.7. The lowest BCUT2D eigenvalue weighted by atomic mass is 10.1. The summed E-state index contributed by atoms with van der Waals surface area (Å²) < 4.78 is 27.3. The molecule has 0 saturated carbocycles. The Morgan fingerprint density at radius 3 is 2.42 bits per heavy atom. The summed E-state index contributed by atoms with van der Waals surface area (Å²) in [4.78, 5) is 19.6. The lowest BCUT2D eigenvalue weighted by Gasteiger charge is -2.15. The first-order valence-corrected chi connectivity index (χ1v) is 8.08. The number of aromatic amines is 1. The number of fused-ring (bicyclic) bond motifs is 3. The SMILES string of the molecule is Cc1cc(F)cc(C)c1Nc1nc2ccc(F)cc2c2c(=O)[nH]ccc12. The Labute approximate surface area is 147 Å². The molecule has 0 spiro atoms. The fourth-order valence-corrected chi connectivity index (χ4v) is 3.25. The molecule has 4 nitrogen and oxygen atoms in total. The average molecular weight is 351 g/mol. The first-order chi connectivity index (χ1) is 12.4. The van der Waals surface area contributed by atoms with E-state index >= 15 is 0 Å². The molecule has 2 N–H and O–H groups in total. The number of anilines is 2. The molecule has 2 heterocycles. The molecule has 4 rings (SSSR count). The number of nitrogens with zero attached hydrogens (tertiary/aromatic N) is 1. The van der Waals surface area contributed by atoms with Crippen LogP contribution in [0.3, 0.4) is 0 Å². The number of pyridine rings is 2. The van der Waals surface area contributed by atoms with Crippen LogP contribution in [0.25, 0.3) is 21.7 Å². The van der Waals surface area contributed by atoms with Gasteiger partial charge in [0.1, 0.15) is 17.5 Å². The van der Waals surface area contributed by atoms with Crippen LogP contribution in [0.15, 0.2) is 47.4 Å². The second-order valence-electron chi connectivity index (χ2n) is 6.26. The lowest BCUT2D eigenvalue weighted by Crippen LogP contribution is -2.08. The Morgan fingerprint density at radius 1 is 0.962 bits per heavy atom. The average Bonchev–Trinajstić information content (AvgIpc) is 2.58. The van der Waals surface area contributed by atoms with E-state index in [1.54, 1.807) is 19.9 Å². The van der Waals surface area contributed by atoms with Crippen molar-refractivity contribution in [3.05, 3.63) is 75.7 Å². The van der Waals surface area contributed by atoms with Gasteiger partial charge in [-0.3, -0.25) is 4.79 Å². The van der Waals surface area contributed by atoms with Gasteiger partial charge in [0.15, 0.2) is 0 Å². The highest BCUT2D eigenvalue weighted by molar-refractivity contribution is 6.10. The maximum Gasteiger partial charge on any atom is 0.256 e. The van der Waals surface area contributed by atoms with Crippen LogP contribution >= 0.6 is 0 Å². The molecule has 2 aromatic carbocycles. The van der Waals surface area contributed by atoms with E-state index in [9.17, 15) is 13.6 Å². The van der Waals surface area contributed by atoms with Crippen molar-refractivity contribution in [1.82, 2.24) is 9.97 Å². The summed E-state index contributed by atoms with van der Waals surface area (Å²) in [5.74, 6) is -0.286. The van der Waals surface area contributed by atoms with Crippen molar-refractivity contribution in [2.45, 2.75) is 13.8 Å². The second kappa shape index (κ2) is 5.91. The van der Waals surface area contributed by atoms with Crippen molar-refractivity contribution in [2.75, 3.05) is 5.32 Å². The van der Waals surface area contributed by atoms with Crippen LogP contribution in [0.2, 0.25) is 0 Å². The summed E-state index contributed by atoms with van der Waals surface area (Å²) in [5.41, 5.74) is 2.34. The molecular weight excluding hydrogens is 336 g/mol. The summed E-state index contributed by atoms with van der Waals surface area (Å²) in [5, 5.41) is 4.59. The molecule has 130 valence electrons. The molecule has 0 fully saturated rings. The maximum absolute atomic E-state index is 13.7. The van der Waals surface area contributed by atoms with E-state index in [0.717, 1.165) is 16.8 Å². The van der Waals surface area contributed by atoms with E-state index in [4.69, 9.17) is 0 Å². The number of benzene rings is 2. The van der Waals surface area contributed by atoms with Crippen LogP contribution in [-0.4, -0.2) is 9.97 Å². The highest BCUT2D eigenvalue weighted by Gasteiger charge is 2.14. The molecular formula is C20H15F2N3O. The normalized spacial score (nSPS) is 11.2. The molecule has 0 atom stereocenters. The second-order valence-corrected chi connectivity index (χ2v) is 6.26. The van der Waals surface area contributed by atoms with E-state index in [2.05, 4.69) is 15.3 Å². The number of hydrogen-bond donors (Lipinski definition) is 2. The third-order valence-corrected chi connectivity index (χ3v) is 4.42. The van der Waals surface area contributed by atoms with Gasteiger partial charge in [-0.1, -0.05) is 0 Å². The van der Waals surface area contributed by atoms with Gasteiger partial charge in [0.05, 0.1) is 10.9 Å². The number of aryl methyl sites for hydroxylation is 2. The van der Waals surface area contributed by atoms with Gasteiger partial charge in [0.2, 0.25) is 0 Å². The first kappa shape index (κ1) is 16.2. The standard InChI is InChI=1S/C20H15F2N3O/c1-10-7-13(22)8-11(2)18(10)25-19-14-5-6-23-20(26)17(14)15-9-12(21)3-4-16(15)24-19/h3-9H,1-2H3,(H,23,26)(H,24,25). The molecule has 26 heavy (non-hydrogen) atoms.